The predicted octanol–water partition coefficient (Wildman–Crippen LogP) is 5.26. The van der Waals surface area contributed by atoms with Crippen molar-refractivity contribution in [2.24, 2.45) is 0 Å². The summed E-state index contributed by atoms with van der Waals surface area (Å²) in [6.45, 7) is 0.236. The molecule has 1 atom stereocenters. The smallest absolute Gasteiger partial charge is 0.416 e. The summed E-state index contributed by atoms with van der Waals surface area (Å²) < 4.78 is 51.9. The molecule has 168 valence electrons. The van der Waals surface area contributed by atoms with Gasteiger partial charge in [0.15, 0.2) is 6.23 Å². The molecule has 2 aromatic heterocycles. The van der Waals surface area contributed by atoms with E-state index in [0.717, 1.165) is 18.9 Å². The molecule has 1 fully saturated rings. The average molecular weight is 466 g/mol. The van der Waals surface area contributed by atoms with E-state index < -0.39 is 23.5 Å². The number of pyridine rings is 1. The molecular formula is C22H19ClF3N3O3. The Balaban J connectivity index is 1.56. The molecule has 0 bridgehead atoms. The molecule has 4 rings (SSSR count). The Labute approximate surface area is 186 Å². The number of halogens is 4. The van der Waals surface area contributed by atoms with Gasteiger partial charge in [0.05, 0.1) is 11.8 Å². The lowest BCUT2D eigenvalue weighted by Crippen LogP contribution is -2.31. The minimum absolute atomic E-state index is 0.0121. The van der Waals surface area contributed by atoms with Crippen LogP contribution in [0.25, 0.3) is 11.1 Å². The average Bonchev–Trinajstić information content (AvgIpc) is 2.80. The van der Waals surface area contributed by atoms with E-state index in [1.54, 1.807) is 6.07 Å². The van der Waals surface area contributed by atoms with Crippen molar-refractivity contribution >= 4 is 11.6 Å². The van der Waals surface area contributed by atoms with Crippen molar-refractivity contribution in [3.05, 3.63) is 75.3 Å². The van der Waals surface area contributed by atoms with Crippen molar-refractivity contribution < 1.29 is 22.6 Å². The summed E-state index contributed by atoms with van der Waals surface area (Å²) in [5, 5.41) is 4.18. The predicted molar refractivity (Wildman–Crippen MR) is 111 cm³/mol. The van der Waals surface area contributed by atoms with E-state index in [1.807, 2.05) is 0 Å². The molecule has 3 aromatic rings. The Hall–Kier alpha value is -2.91. The van der Waals surface area contributed by atoms with Gasteiger partial charge >= 0.3 is 6.18 Å². The van der Waals surface area contributed by atoms with Gasteiger partial charge in [-0.1, -0.05) is 29.8 Å². The molecule has 0 saturated carbocycles. The molecule has 0 amide bonds. The van der Waals surface area contributed by atoms with Crippen LogP contribution in [0.1, 0.15) is 36.6 Å². The summed E-state index contributed by atoms with van der Waals surface area (Å²) in [5.41, 5.74) is -0.384. The summed E-state index contributed by atoms with van der Waals surface area (Å²) in [4.78, 5) is 16.8. The molecule has 1 aliphatic rings. The lowest BCUT2D eigenvalue weighted by Gasteiger charge is -2.23. The fourth-order valence-electron chi connectivity index (χ4n) is 3.50. The van der Waals surface area contributed by atoms with Crippen LogP contribution in [0.15, 0.2) is 53.6 Å². The van der Waals surface area contributed by atoms with Crippen molar-refractivity contribution in [3.8, 4) is 17.0 Å². The second kappa shape index (κ2) is 9.30. The minimum atomic E-state index is -4.49. The Morgan fingerprint density at radius 1 is 1.22 bits per heavy atom. The highest BCUT2D eigenvalue weighted by atomic mass is 35.5. The second-order valence-corrected chi connectivity index (χ2v) is 7.65. The maximum Gasteiger partial charge on any atom is 0.416 e. The Kier molecular flexibility index (Phi) is 6.48. The summed E-state index contributed by atoms with van der Waals surface area (Å²) >= 11 is 6.33. The second-order valence-electron chi connectivity index (χ2n) is 7.27. The van der Waals surface area contributed by atoms with Crippen molar-refractivity contribution in [1.82, 2.24) is 14.8 Å². The number of benzene rings is 1. The van der Waals surface area contributed by atoms with E-state index in [0.29, 0.717) is 24.2 Å². The third kappa shape index (κ3) is 4.78. The monoisotopic (exact) mass is 465 g/mol. The lowest BCUT2D eigenvalue weighted by molar-refractivity contribution is -0.138. The van der Waals surface area contributed by atoms with Crippen LogP contribution in [0.4, 0.5) is 13.2 Å². The van der Waals surface area contributed by atoms with Crippen molar-refractivity contribution in [2.75, 3.05) is 6.61 Å². The zero-order valence-corrected chi connectivity index (χ0v) is 17.6. The fourth-order valence-corrected chi connectivity index (χ4v) is 3.74. The molecule has 1 unspecified atom stereocenters. The van der Waals surface area contributed by atoms with E-state index in [9.17, 15) is 18.0 Å². The fraction of sp³-hybridized carbons (Fsp3) is 0.318. The maximum absolute atomic E-state index is 13.2. The van der Waals surface area contributed by atoms with Crippen LogP contribution in [0, 0.1) is 0 Å². The van der Waals surface area contributed by atoms with Gasteiger partial charge in [0.25, 0.3) is 5.56 Å². The van der Waals surface area contributed by atoms with Crippen LogP contribution in [0.2, 0.25) is 5.02 Å². The maximum atomic E-state index is 13.2. The van der Waals surface area contributed by atoms with Crippen LogP contribution < -0.4 is 10.3 Å². The third-order valence-electron chi connectivity index (χ3n) is 5.12. The van der Waals surface area contributed by atoms with Gasteiger partial charge < -0.3 is 9.47 Å². The van der Waals surface area contributed by atoms with E-state index in [4.69, 9.17) is 21.1 Å². The molecule has 1 aromatic carbocycles. The quantitative estimate of drug-likeness (QED) is 0.514. The minimum Gasteiger partial charge on any atom is -0.473 e. The number of aromatic nitrogens is 3. The van der Waals surface area contributed by atoms with Crippen LogP contribution >= 0.6 is 11.6 Å². The van der Waals surface area contributed by atoms with Crippen LogP contribution in [-0.4, -0.2) is 21.4 Å². The van der Waals surface area contributed by atoms with Gasteiger partial charge in [-0.25, -0.2) is 4.98 Å². The standard InChI is InChI=1S/C22H19ClF3N3O3/c23-20-16(12-28-29(21(20)30)19-7-3-4-10-31-19)14-8-9-27-18(11-14)32-13-15-5-1-2-6-17(15)22(24,25)26/h1-2,5-6,8-9,11-12,19H,3-4,7,10,13H2. The molecule has 0 radical (unpaired) electrons. The van der Waals surface area contributed by atoms with Gasteiger partial charge in [0, 0.05) is 30.0 Å². The highest BCUT2D eigenvalue weighted by Crippen LogP contribution is 2.33. The van der Waals surface area contributed by atoms with Gasteiger partial charge in [-0.2, -0.15) is 23.0 Å². The van der Waals surface area contributed by atoms with E-state index >= 15 is 0 Å². The number of rotatable bonds is 5. The highest BCUT2D eigenvalue weighted by molar-refractivity contribution is 6.33. The van der Waals surface area contributed by atoms with Gasteiger partial charge in [-0.15, -0.1) is 0 Å². The molecule has 3 heterocycles. The molecule has 10 heteroatoms. The third-order valence-corrected chi connectivity index (χ3v) is 5.48. The van der Waals surface area contributed by atoms with Crippen LogP contribution in [-0.2, 0) is 17.5 Å². The topological polar surface area (TPSA) is 66.2 Å². The molecule has 0 aliphatic carbocycles. The van der Waals surface area contributed by atoms with Crippen molar-refractivity contribution in [1.29, 1.82) is 0 Å². The first-order valence-electron chi connectivity index (χ1n) is 9.98. The van der Waals surface area contributed by atoms with Gasteiger partial charge in [-0.05, 0) is 37.0 Å². The number of nitrogens with zero attached hydrogens (tertiary/aromatic N) is 3. The molecule has 6 nitrogen and oxygen atoms in total. The molecule has 32 heavy (non-hydrogen) atoms. The van der Waals surface area contributed by atoms with Crippen molar-refractivity contribution in [2.45, 2.75) is 38.3 Å². The summed E-state index contributed by atoms with van der Waals surface area (Å²) in [6, 6.07) is 8.29. The normalized spacial score (nSPS) is 16.7. The first kappa shape index (κ1) is 22.3. The molecule has 0 spiro atoms. The summed E-state index contributed by atoms with van der Waals surface area (Å²) in [5.74, 6) is 0.0929. The number of ether oxygens (including phenoxy) is 2. The molecular weight excluding hydrogens is 447 g/mol. The van der Waals surface area contributed by atoms with Crippen LogP contribution in [0.5, 0.6) is 5.88 Å². The zero-order valence-electron chi connectivity index (χ0n) is 16.8. The first-order valence-corrected chi connectivity index (χ1v) is 10.4. The van der Waals surface area contributed by atoms with Gasteiger partial charge in [0.2, 0.25) is 5.88 Å². The Bertz CT molecular complexity index is 1160. The van der Waals surface area contributed by atoms with E-state index in [2.05, 4.69) is 10.1 Å². The number of alkyl halides is 3. The number of hydrogen-bond acceptors (Lipinski definition) is 5. The SMILES string of the molecule is O=c1c(Cl)c(-c2ccnc(OCc3ccccc3C(F)(F)F)c2)cnn1C1CCCCO1. The Morgan fingerprint density at radius 2 is 2.03 bits per heavy atom. The first-order chi connectivity index (χ1) is 15.3. The lowest BCUT2D eigenvalue weighted by atomic mass is 10.1. The molecule has 1 saturated heterocycles. The summed E-state index contributed by atoms with van der Waals surface area (Å²) in [7, 11) is 0. The van der Waals surface area contributed by atoms with E-state index in [-0.39, 0.29) is 23.1 Å². The largest absolute Gasteiger partial charge is 0.473 e. The molecule has 0 N–H and O–H groups in total. The molecule has 1 aliphatic heterocycles. The van der Waals surface area contributed by atoms with Gasteiger partial charge in [-0.3, -0.25) is 4.79 Å². The van der Waals surface area contributed by atoms with Crippen molar-refractivity contribution in [3.63, 3.8) is 0 Å². The van der Waals surface area contributed by atoms with Gasteiger partial charge in [0.1, 0.15) is 11.6 Å². The van der Waals surface area contributed by atoms with E-state index in [1.165, 1.54) is 41.3 Å². The Morgan fingerprint density at radius 3 is 2.78 bits per heavy atom. The number of hydrogen-bond donors (Lipinski definition) is 0. The zero-order chi connectivity index (χ0) is 22.7. The highest BCUT2D eigenvalue weighted by Gasteiger charge is 2.33. The van der Waals surface area contributed by atoms with Crippen LogP contribution in [0.3, 0.4) is 0 Å². The summed E-state index contributed by atoms with van der Waals surface area (Å²) in [6.07, 6.45) is 0.486.